The van der Waals surface area contributed by atoms with Crippen LogP contribution in [0.15, 0.2) is 54.9 Å². The van der Waals surface area contributed by atoms with Gasteiger partial charge in [0, 0.05) is 18.0 Å². The van der Waals surface area contributed by atoms with Crippen molar-refractivity contribution in [1.29, 1.82) is 0 Å². The highest BCUT2D eigenvalue weighted by molar-refractivity contribution is 5.80. The third kappa shape index (κ3) is 2.45. The molecule has 0 aliphatic carbocycles. The van der Waals surface area contributed by atoms with Crippen molar-refractivity contribution in [3.8, 4) is 17.6 Å². The Balaban J connectivity index is 1.99. The fourth-order valence-corrected chi connectivity index (χ4v) is 1.91. The highest BCUT2D eigenvalue weighted by Gasteiger charge is 1.99. The van der Waals surface area contributed by atoms with Gasteiger partial charge in [-0.3, -0.25) is 9.97 Å². The minimum atomic E-state index is 0.826. The van der Waals surface area contributed by atoms with Crippen LogP contribution >= 0.6 is 0 Å². The van der Waals surface area contributed by atoms with Crippen LogP contribution in [0.1, 0.15) is 11.1 Å². The van der Waals surface area contributed by atoms with Gasteiger partial charge in [0.2, 0.25) is 0 Å². The lowest BCUT2D eigenvalue weighted by atomic mass is 10.1. The van der Waals surface area contributed by atoms with Crippen molar-refractivity contribution in [3.05, 3.63) is 66.0 Å². The zero-order valence-corrected chi connectivity index (χ0v) is 11.0. The van der Waals surface area contributed by atoms with Crippen LogP contribution in [0.25, 0.3) is 11.0 Å². The van der Waals surface area contributed by atoms with Gasteiger partial charge in [-0.25, -0.2) is 0 Å². The molecule has 3 heteroatoms. The molecule has 0 saturated heterocycles. The van der Waals surface area contributed by atoms with E-state index in [0.29, 0.717) is 0 Å². The van der Waals surface area contributed by atoms with Gasteiger partial charge in [-0.2, -0.15) is 0 Å². The summed E-state index contributed by atoms with van der Waals surface area (Å²) in [5.74, 6) is 7.10. The molecule has 0 amide bonds. The monoisotopic (exact) mass is 260 g/mol. The molecule has 0 saturated carbocycles. The number of aromatic nitrogens is 2. The Bertz CT molecular complexity index is 793. The van der Waals surface area contributed by atoms with Gasteiger partial charge < -0.3 is 4.74 Å². The highest BCUT2D eigenvalue weighted by Crippen LogP contribution is 2.13. The zero-order valence-electron chi connectivity index (χ0n) is 11.0. The van der Waals surface area contributed by atoms with Gasteiger partial charge in [0.25, 0.3) is 0 Å². The summed E-state index contributed by atoms with van der Waals surface area (Å²) in [5, 5.41) is 0. The molecular weight excluding hydrogens is 248 g/mol. The largest absolute Gasteiger partial charge is 0.497 e. The average Bonchev–Trinajstić information content (AvgIpc) is 2.53. The van der Waals surface area contributed by atoms with E-state index in [1.807, 2.05) is 42.5 Å². The van der Waals surface area contributed by atoms with E-state index >= 15 is 0 Å². The molecule has 20 heavy (non-hydrogen) atoms. The van der Waals surface area contributed by atoms with Crippen molar-refractivity contribution in [2.75, 3.05) is 7.11 Å². The van der Waals surface area contributed by atoms with E-state index in [2.05, 4.69) is 21.8 Å². The van der Waals surface area contributed by atoms with E-state index < -0.39 is 0 Å². The SMILES string of the molecule is COc1ccc(C#Cc2cccc3nccnc23)cc1. The van der Waals surface area contributed by atoms with Crippen LogP contribution in [-0.2, 0) is 0 Å². The number of methoxy groups -OCH3 is 1. The quantitative estimate of drug-likeness (QED) is 0.631. The maximum Gasteiger partial charge on any atom is 0.118 e. The lowest BCUT2D eigenvalue weighted by Gasteiger charge is -1.98. The zero-order chi connectivity index (χ0) is 13.8. The first-order chi connectivity index (χ1) is 9.86. The number of benzene rings is 2. The Morgan fingerprint density at radius 1 is 0.900 bits per heavy atom. The number of para-hydroxylation sites is 1. The average molecular weight is 260 g/mol. The van der Waals surface area contributed by atoms with Crippen LogP contribution in [-0.4, -0.2) is 17.1 Å². The van der Waals surface area contributed by atoms with E-state index in [9.17, 15) is 0 Å². The van der Waals surface area contributed by atoms with Gasteiger partial charge >= 0.3 is 0 Å². The second-order valence-corrected chi connectivity index (χ2v) is 4.21. The molecule has 0 fully saturated rings. The number of ether oxygens (including phenoxy) is 1. The standard InChI is InChI=1S/C17H12N2O/c1-20-15-9-6-13(7-10-15)5-8-14-3-2-4-16-17(14)19-12-11-18-16/h2-4,6-7,9-12H,1H3. The summed E-state index contributed by atoms with van der Waals surface area (Å²) in [4.78, 5) is 8.61. The number of rotatable bonds is 1. The fraction of sp³-hybridized carbons (Fsp3) is 0.0588. The maximum atomic E-state index is 5.12. The number of hydrogen-bond acceptors (Lipinski definition) is 3. The lowest BCUT2D eigenvalue weighted by Crippen LogP contribution is -1.86. The normalized spacial score (nSPS) is 9.85. The number of nitrogens with zero attached hydrogens (tertiary/aromatic N) is 2. The van der Waals surface area contributed by atoms with Crippen LogP contribution in [0.4, 0.5) is 0 Å². The minimum absolute atomic E-state index is 0.826. The Morgan fingerprint density at radius 3 is 2.50 bits per heavy atom. The predicted octanol–water partition coefficient (Wildman–Crippen LogP) is 3.04. The third-order valence-electron chi connectivity index (χ3n) is 2.93. The Labute approximate surface area is 117 Å². The van der Waals surface area contributed by atoms with Crippen molar-refractivity contribution in [2.24, 2.45) is 0 Å². The van der Waals surface area contributed by atoms with Crippen molar-refractivity contribution in [3.63, 3.8) is 0 Å². The maximum absolute atomic E-state index is 5.12. The summed E-state index contributed by atoms with van der Waals surface area (Å²) in [6, 6.07) is 13.5. The molecule has 3 nitrogen and oxygen atoms in total. The second kappa shape index (κ2) is 5.41. The van der Waals surface area contributed by atoms with Crippen LogP contribution in [0.2, 0.25) is 0 Å². The molecule has 0 radical (unpaired) electrons. The topological polar surface area (TPSA) is 35.0 Å². The molecule has 1 aromatic heterocycles. The third-order valence-corrected chi connectivity index (χ3v) is 2.93. The van der Waals surface area contributed by atoms with E-state index in [0.717, 1.165) is 27.9 Å². The van der Waals surface area contributed by atoms with Crippen molar-refractivity contribution >= 4 is 11.0 Å². The molecule has 0 N–H and O–H groups in total. The van der Waals surface area contributed by atoms with Gasteiger partial charge in [-0.1, -0.05) is 17.9 Å². The molecule has 2 aromatic carbocycles. The van der Waals surface area contributed by atoms with Crippen LogP contribution in [0.5, 0.6) is 5.75 Å². The van der Waals surface area contributed by atoms with Crippen LogP contribution < -0.4 is 4.74 Å². The minimum Gasteiger partial charge on any atom is -0.497 e. The first kappa shape index (κ1) is 12.2. The van der Waals surface area contributed by atoms with E-state index in [1.165, 1.54) is 0 Å². The van der Waals surface area contributed by atoms with Gasteiger partial charge in [0.15, 0.2) is 0 Å². The van der Waals surface area contributed by atoms with Crippen molar-refractivity contribution in [1.82, 2.24) is 9.97 Å². The molecule has 96 valence electrons. The summed E-state index contributed by atoms with van der Waals surface area (Å²) in [7, 11) is 1.65. The van der Waals surface area contributed by atoms with Crippen molar-refractivity contribution in [2.45, 2.75) is 0 Å². The molecule has 0 spiro atoms. The van der Waals surface area contributed by atoms with E-state index in [4.69, 9.17) is 4.74 Å². The molecule has 0 aliphatic heterocycles. The van der Waals surface area contributed by atoms with Gasteiger partial charge in [0.05, 0.1) is 18.2 Å². The molecular formula is C17H12N2O. The highest BCUT2D eigenvalue weighted by atomic mass is 16.5. The van der Waals surface area contributed by atoms with Crippen LogP contribution in [0, 0.1) is 11.8 Å². The Hall–Kier alpha value is -2.86. The summed E-state index contributed by atoms with van der Waals surface area (Å²) in [6.07, 6.45) is 3.36. The fourth-order valence-electron chi connectivity index (χ4n) is 1.91. The first-order valence-corrected chi connectivity index (χ1v) is 6.22. The molecule has 0 aliphatic rings. The van der Waals surface area contributed by atoms with Gasteiger partial charge in [-0.05, 0) is 36.4 Å². The molecule has 0 bridgehead atoms. The molecule has 3 aromatic rings. The Kier molecular flexibility index (Phi) is 3.30. The number of hydrogen-bond donors (Lipinski definition) is 0. The van der Waals surface area contributed by atoms with Crippen LogP contribution in [0.3, 0.4) is 0 Å². The molecule has 0 unspecified atom stereocenters. The second-order valence-electron chi connectivity index (χ2n) is 4.21. The first-order valence-electron chi connectivity index (χ1n) is 6.22. The number of fused-ring (bicyclic) bond motifs is 1. The lowest BCUT2D eigenvalue weighted by molar-refractivity contribution is 0.415. The van der Waals surface area contributed by atoms with E-state index in [1.54, 1.807) is 19.5 Å². The molecule has 3 rings (SSSR count). The predicted molar refractivity (Wildman–Crippen MR) is 78.5 cm³/mol. The smallest absolute Gasteiger partial charge is 0.118 e. The molecule has 1 heterocycles. The Morgan fingerprint density at radius 2 is 1.70 bits per heavy atom. The summed E-state index contributed by atoms with van der Waals surface area (Å²) < 4.78 is 5.12. The summed E-state index contributed by atoms with van der Waals surface area (Å²) >= 11 is 0. The summed E-state index contributed by atoms with van der Waals surface area (Å²) in [6.45, 7) is 0. The van der Waals surface area contributed by atoms with E-state index in [-0.39, 0.29) is 0 Å². The van der Waals surface area contributed by atoms with Gasteiger partial charge in [-0.15, -0.1) is 0 Å². The molecule has 0 atom stereocenters. The summed E-state index contributed by atoms with van der Waals surface area (Å²) in [5.41, 5.74) is 3.50. The van der Waals surface area contributed by atoms with Crippen molar-refractivity contribution < 1.29 is 4.74 Å². The van der Waals surface area contributed by atoms with Gasteiger partial charge in [0.1, 0.15) is 11.3 Å².